The number of hydrogen-bond acceptors (Lipinski definition) is 7. The maximum absolute atomic E-state index is 13.9. The number of halogens is 2. The zero-order chi connectivity index (χ0) is 22.1. The number of aromatic nitrogens is 2. The molecular weight excluding hydrogens is 425 g/mol. The van der Waals surface area contributed by atoms with E-state index in [9.17, 15) is 14.3 Å². The lowest BCUT2D eigenvalue weighted by Gasteiger charge is -2.20. The predicted molar refractivity (Wildman–Crippen MR) is 113 cm³/mol. The summed E-state index contributed by atoms with van der Waals surface area (Å²) in [4.78, 5) is 23.1. The van der Waals surface area contributed by atoms with Crippen molar-refractivity contribution in [3.63, 3.8) is 0 Å². The molecule has 3 atom stereocenters. The Morgan fingerprint density at radius 3 is 2.81 bits per heavy atom. The highest BCUT2D eigenvalue weighted by Crippen LogP contribution is 2.28. The fourth-order valence-corrected chi connectivity index (χ4v) is 3.89. The molecule has 0 aliphatic carbocycles. The Kier molecular flexibility index (Phi) is 6.08. The van der Waals surface area contributed by atoms with Gasteiger partial charge in [0.1, 0.15) is 18.2 Å². The smallest absolute Gasteiger partial charge is 0.258 e. The number of nitrogens with zero attached hydrogens (tertiary/aromatic N) is 3. The summed E-state index contributed by atoms with van der Waals surface area (Å²) in [5.74, 6) is -0.285. The molecule has 0 radical (unpaired) electrons. The van der Waals surface area contributed by atoms with Crippen molar-refractivity contribution in [3.05, 3.63) is 58.5 Å². The highest BCUT2D eigenvalue weighted by molar-refractivity contribution is 6.30. The zero-order valence-corrected chi connectivity index (χ0v) is 17.6. The van der Waals surface area contributed by atoms with E-state index < -0.39 is 11.9 Å². The number of aliphatic hydroxyl groups excluding tert-OH is 1. The van der Waals surface area contributed by atoms with Gasteiger partial charge in [-0.1, -0.05) is 11.6 Å². The summed E-state index contributed by atoms with van der Waals surface area (Å²) in [6.45, 7) is 2.51. The maximum Gasteiger partial charge on any atom is 0.258 e. The molecule has 0 saturated carbocycles. The number of amides is 1. The maximum atomic E-state index is 13.9. The van der Waals surface area contributed by atoms with Gasteiger partial charge in [0, 0.05) is 41.8 Å². The van der Waals surface area contributed by atoms with Crippen LogP contribution in [0, 0.1) is 5.82 Å². The molecule has 2 aliphatic heterocycles. The number of carbonyl (C=O) groups is 1. The summed E-state index contributed by atoms with van der Waals surface area (Å²) >= 11 is 5.84. The Labute approximate surface area is 183 Å². The van der Waals surface area contributed by atoms with Gasteiger partial charge in [-0.3, -0.25) is 4.79 Å². The Balaban J connectivity index is 1.48. The SMILES string of the molecule is CC1NC(COc2cc(F)ccc2C(=O)N2CC(N)=C(c3ncc(Cl)cn3)C2)CC1O. The Morgan fingerprint density at radius 2 is 2.13 bits per heavy atom. The number of carbonyl (C=O) groups excluding carboxylic acids is 1. The molecule has 31 heavy (non-hydrogen) atoms. The lowest BCUT2D eigenvalue weighted by molar-refractivity contribution is 0.0793. The monoisotopic (exact) mass is 447 g/mol. The first kappa shape index (κ1) is 21.5. The van der Waals surface area contributed by atoms with E-state index in [1.807, 2.05) is 6.92 Å². The van der Waals surface area contributed by atoms with Gasteiger partial charge in [0.15, 0.2) is 5.82 Å². The van der Waals surface area contributed by atoms with Gasteiger partial charge in [0.25, 0.3) is 5.91 Å². The molecule has 1 fully saturated rings. The third kappa shape index (κ3) is 4.63. The molecule has 0 spiro atoms. The van der Waals surface area contributed by atoms with Gasteiger partial charge in [-0.25, -0.2) is 14.4 Å². The number of aliphatic hydroxyl groups is 1. The van der Waals surface area contributed by atoms with Crippen molar-refractivity contribution in [3.8, 4) is 5.75 Å². The number of benzene rings is 1. The largest absolute Gasteiger partial charge is 0.491 e. The van der Waals surface area contributed by atoms with Crippen LogP contribution in [0.5, 0.6) is 5.75 Å². The van der Waals surface area contributed by atoms with Crippen molar-refractivity contribution < 1.29 is 19.0 Å². The zero-order valence-electron chi connectivity index (χ0n) is 16.9. The van der Waals surface area contributed by atoms with Crippen molar-refractivity contribution in [1.82, 2.24) is 20.2 Å². The molecule has 1 aromatic heterocycles. The normalized spacial score (nSPS) is 23.5. The molecular formula is C21H23ClFN5O3. The third-order valence-corrected chi connectivity index (χ3v) is 5.69. The molecule has 1 aromatic carbocycles. The first-order valence-electron chi connectivity index (χ1n) is 9.93. The molecule has 164 valence electrons. The topological polar surface area (TPSA) is 114 Å². The summed E-state index contributed by atoms with van der Waals surface area (Å²) in [6, 6.07) is 3.68. The van der Waals surface area contributed by atoms with E-state index in [2.05, 4.69) is 15.3 Å². The summed E-state index contributed by atoms with van der Waals surface area (Å²) in [5.41, 5.74) is 7.50. The van der Waals surface area contributed by atoms with Crippen LogP contribution in [0.3, 0.4) is 0 Å². The summed E-state index contributed by atoms with van der Waals surface area (Å²) in [7, 11) is 0. The second-order valence-electron chi connectivity index (χ2n) is 7.80. The average Bonchev–Trinajstić information content (AvgIpc) is 3.28. The molecule has 4 rings (SSSR count). The van der Waals surface area contributed by atoms with Gasteiger partial charge in [-0.05, 0) is 25.5 Å². The summed E-state index contributed by atoms with van der Waals surface area (Å²) in [5, 5.41) is 13.5. The molecule has 4 N–H and O–H groups in total. The molecule has 2 aliphatic rings. The molecule has 0 bridgehead atoms. The number of hydrogen-bond donors (Lipinski definition) is 3. The van der Waals surface area contributed by atoms with E-state index in [1.165, 1.54) is 35.5 Å². The number of rotatable bonds is 5. The Morgan fingerprint density at radius 1 is 1.39 bits per heavy atom. The quantitative estimate of drug-likeness (QED) is 0.637. The van der Waals surface area contributed by atoms with Crippen molar-refractivity contribution in [2.24, 2.45) is 5.73 Å². The minimum Gasteiger partial charge on any atom is -0.491 e. The minimum atomic E-state index is -0.506. The number of nitrogens with two attached hydrogens (primary N) is 1. The molecule has 3 unspecified atom stereocenters. The highest BCUT2D eigenvalue weighted by atomic mass is 35.5. The van der Waals surface area contributed by atoms with Crippen molar-refractivity contribution in [2.75, 3.05) is 19.7 Å². The summed E-state index contributed by atoms with van der Waals surface area (Å²) < 4.78 is 19.7. The van der Waals surface area contributed by atoms with Crippen molar-refractivity contribution in [1.29, 1.82) is 0 Å². The fourth-order valence-electron chi connectivity index (χ4n) is 3.79. The van der Waals surface area contributed by atoms with E-state index in [4.69, 9.17) is 22.1 Å². The van der Waals surface area contributed by atoms with Gasteiger partial charge < -0.3 is 25.8 Å². The van der Waals surface area contributed by atoms with Crippen LogP contribution in [0.25, 0.3) is 5.57 Å². The first-order valence-corrected chi connectivity index (χ1v) is 10.3. The van der Waals surface area contributed by atoms with Crippen LogP contribution in [0.15, 0.2) is 36.3 Å². The van der Waals surface area contributed by atoms with E-state index in [-0.39, 0.29) is 49.0 Å². The molecule has 1 saturated heterocycles. The molecule has 8 nitrogen and oxygen atoms in total. The van der Waals surface area contributed by atoms with Crippen LogP contribution < -0.4 is 15.8 Å². The molecule has 3 heterocycles. The van der Waals surface area contributed by atoms with E-state index >= 15 is 0 Å². The molecule has 10 heteroatoms. The van der Waals surface area contributed by atoms with E-state index in [0.717, 1.165) is 0 Å². The van der Waals surface area contributed by atoms with Crippen LogP contribution in [0.4, 0.5) is 4.39 Å². The van der Waals surface area contributed by atoms with Crippen molar-refractivity contribution in [2.45, 2.75) is 31.5 Å². The standard InChI is InChI=1S/C21H23ClFN5O3/c1-11-18(29)5-14(27-11)10-31-19-4-13(23)2-3-15(19)21(30)28-8-16(17(24)9-28)20-25-6-12(22)7-26-20/h2-4,6-7,11,14,18,27,29H,5,8-10,24H2,1H3. The number of nitrogens with one attached hydrogen (secondary N) is 1. The number of ether oxygens (including phenoxy) is 1. The van der Waals surface area contributed by atoms with Gasteiger partial charge in [-0.2, -0.15) is 0 Å². The summed E-state index contributed by atoms with van der Waals surface area (Å²) in [6.07, 6.45) is 3.00. The van der Waals surface area contributed by atoms with Crippen LogP contribution in [0.1, 0.15) is 29.5 Å². The predicted octanol–water partition coefficient (Wildman–Crippen LogP) is 1.58. The highest BCUT2D eigenvalue weighted by Gasteiger charge is 2.31. The van der Waals surface area contributed by atoms with Crippen LogP contribution >= 0.6 is 11.6 Å². The van der Waals surface area contributed by atoms with Crippen LogP contribution in [0.2, 0.25) is 5.02 Å². The Hall–Kier alpha value is -2.75. The second kappa shape index (κ2) is 8.78. The minimum absolute atomic E-state index is 0.0469. The Bertz CT molecular complexity index is 1010. The molecule has 2 aromatic rings. The lowest BCUT2D eigenvalue weighted by atomic mass is 10.1. The lowest BCUT2D eigenvalue weighted by Crippen LogP contribution is -2.34. The van der Waals surface area contributed by atoms with Gasteiger partial charge >= 0.3 is 0 Å². The van der Waals surface area contributed by atoms with Gasteiger partial charge in [0.2, 0.25) is 0 Å². The first-order chi connectivity index (χ1) is 14.8. The average molecular weight is 448 g/mol. The molecule has 1 amide bonds. The van der Waals surface area contributed by atoms with Crippen molar-refractivity contribution >= 4 is 23.1 Å². The van der Waals surface area contributed by atoms with E-state index in [0.29, 0.717) is 28.5 Å². The second-order valence-corrected chi connectivity index (χ2v) is 8.23. The van der Waals surface area contributed by atoms with E-state index in [1.54, 1.807) is 0 Å². The fraction of sp³-hybridized carbons (Fsp3) is 0.381. The van der Waals surface area contributed by atoms with Gasteiger partial charge in [0.05, 0.1) is 29.8 Å². The van der Waals surface area contributed by atoms with Crippen LogP contribution in [-0.2, 0) is 0 Å². The third-order valence-electron chi connectivity index (χ3n) is 5.49. The van der Waals surface area contributed by atoms with Crippen LogP contribution in [-0.4, -0.2) is 63.8 Å². The van der Waals surface area contributed by atoms with Gasteiger partial charge in [-0.15, -0.1) is 0 Å².